The minimum Gasteiger partial charge on any atom is -0.469 e. The second-order valence-electron chi connectivity index (χ2n) is 7.58. The van der Waals surface area contributed by atoms with Gasteiger partial charge in [0.15, 0.2) is 5.96 Å². The third-order valence-corrected chi connectivity index (χ3v) is 5.71. The Labute approximate surface area is 191 Å². The normalized spacial score (nSPS) is 23.2. The van der Waals surface area contributed by atoms with E-state index in [4.69, 9.17) is 14.5 Å². The molecule has 162 valence electrons. The number of nitrogens with one attached hydrogen (secondary N) is 1. The van der Waals surface area contributed by atoms with Crippen LogP contribution in [-0.4, -0.2) is 56.7 Å². The van der Waals surface area contributed by atoms with Gasteiger partial charge >= 0.3 is 5.97 Å². The number of ether oxygens (including phenoxy) is 2. The van der Waals surface area contributed by atoms with Crippen molar-refractivity contribution in [1.29, 1.82) is 0 Å². The van der Waals surface area contributed by atoms with Gasteiger partial charge in [0.05, 0.1) is 19.1 Å². The zero-order valence-corrected chi connectivity index (χ0v) is 19.8. The Balaban J connectivity index is 0.00000300. The van der Waals surface area contributed by atoms with Gasteiger partial charge in [0.1, 0.15) is 0 Å². The summed E-state index contributed by atoms with van der Waals surface area (Å²) in [6, 6.07) is 10.5. The number of halogens is 1. The fourth-order valence-corrected chi connectivity index (χ4v) is 4.16. The van der Waals surface area contributed by atoms with Crippen molar-refractivity contribution in [1.82, 2.24) is 10.2 Å². The first kappa shape index (κ1) is 23.9. The zero-order chi connectivity index (χ0) is 19.8. The van der Waals surface area contributed by atoms with Gasteiger partial charge in [0.25, 0.3) is 0 Å². The minimum atomic E-state index is -0.0911. The first-order chi connectivity index (χ1) is 13.7. The molecule has 7 heteroatoms. The minimum absolute atomic E-state index is 0. The monoisotopic (exact) mass is 515 g/mol. The van der Waals surface area contributed by atoms with Gasteiger partial charge in [-0.15, -0.1) is 24.0 Å². The molecule has 0 radical (unpaired) electrons. The van der Waals surface area contributed by atoms with Gasteiger partial charge in [-0.3, -0.25) is 9.79 Å². The van der Waals surface area contributed by atoms with Gasteiger partial charge in [0, 0.05) is 38.7 Å². The second kappa shape index (κ2) is 12.4. The van der Waals surface area contributed by atoms with E-state index in [1.165, 1.54) is 12.7 Å². The van der Waals surface area contributed by atoms with Crippen LogP contribution in [0.25, 0.3) is 0 Å². The number of rotatable bonds is 5. The van der Waals surface area contributed by atoms with Crippen LogP contribution in [0.3, 0.4) is 0 Å². The molecule has 2 aliphatic rings. The van der Waals surface area contributed by atoms with Gasteiger partial charge in [-0.2, -0.15) is 0 Å². The highest BCUT2D eigenvalue weighted by atomic mass is 127. The number of likely N-dealkylation sites (tertiary alicyclic amines) is 1. The van der Waals surface area contributed by atoms with Crippen LogP contribution in [0.1, 0.15) is 44.3 Å². The van der Waals surface area contributed by atoms with Crippen molar-refractivity contribution in [2.24, 2.45) is 16.8 Å². The molecule has 2 aliphatic heterocycles. The number of carbonyl (C=O) groups excluding carboxylic acids is 1. The van der Waals surface area contributed by atoms with Crippen LogP contribution in [-0.2, 0) is 14.3 Å². The van der Waals surface area contributed by atoms with E-state index in [0.29, 0.717) is 5.92 Å². The lowest BCUT2D eigenvalue weighted by Crippen LogP contribution is -2.47. The SMILES string of the molecule is CCNC(=NCC1CCCOC1c1ccccc1)N1CCC(C(=O)OC)CC1.I. The number of hydrogen-bond acceptors (Lipinski definition) is 4. The quantitative estimate of drug-likeness (QED) is 0.281. The molecule has 2 fully saturated rings. The molecular weight excluding hydrogens is 481 g/mol. The van der Waals surface area contributed by atoms with E-state index >= 15 is 0 Å². The number of piperidine rings is 1. The lowest BCUT2D eigenvalue weighted by Gasteiger charge is -2.34. The number of aliphatic imine (C=N–C) groups is 1. The van der Waals surface area contributed by atoms with E-state index in [-0.39, 0.29) is 42.0 Å². The van der Waals surface area contributed by atoms with Crippen molar-refractivity contribution in [2.45, 2.75) is 38.7 Å². The molecule has 0 amide bonds. The Hall–Kier alpha value is -1.35. The third-order valence-electron chi connectivity index (χ3n) is 5.71. The van der Waals surface area contributed by atoms with E-state index in [1.807, 2.05) is 6.07 Å². The van der Waals surface area contributed by atoms with Gasteiger partial charge in [-0.1, -0.05) is 30.3 Å². The maximum Gasteiger partial charge on any atom is 0.308 e. The number of esters is 1. The molecule has 6 nitrogen and oxygen atoms in total. The number of carbonyl (C=O) groups is 1. The van der Waals surface area contributed by atoms with Gasteiger partial charge in [-0.25, -0.2) is 0 Å². The average Bonchev–Trinajstić information content (AvgIpc) is 2.77. The lowest BCUT2D eigenvalue weighted by atomic mass is 9.89. The number of nitrogens with zero attached hydrogens (tertiary/aromatic N) is 2. The summed E-state index contributed by atoms with van der Waals surface area (Å²) in [4.78, 5) is 19.0. The summed E-state index contributed by atoms with van der Waals surface area (Å²) in [5, 5.41) is 3.42. The number of guanidine groups is 1. The van der Waals surface area contributed by atoms with Crippen LogP contribution in [0, 0.1) is 11.8 Å². The molecule has 2 saturated heterocycles. The van der Waals surface area contributed by atoms with Crippen molar-refractivity contribution < 1.29 is 14.3 Å². The highest BCUT2D eigenvalue weighted by Gasteiger charge is 2.29. The highest BCUT2D eigenvalue weighted by molar-refractivity contribution is 14.0. The first-order valence-electron chi connectivity index (χ1n) is 10.5. The molecule has 0 saturated carbocycles. The zero-order valence-electron chi connectivity index (χ0n) is 17.5. The Morgan fingerprint density at radius 3 is 2.62 bits per heavy atom. The van der Waals surface area contributed by atoms with E-state index in [2.05, 4.69) is 41.4 Å². The Bertz CT molecular complexity index is 648. The summed E-state index contributed by atoms with van der Waals surface area (Å²) in [5.41, 5.74) is 1.24. The van der Waals surface area contributed by atoms with Crippen molar-refractivity contribution >= 4 is 35.9 Å². The summed E-state index contributed by atoms with van der Waals surface area (Å²) in [7, 11) is 1.47. The van der Waals surface area contributed by atoms with E-state index in [0.717, 1.165) is 64.4 Å². The topological polar surface area (TPSA) is 63.2 Å². The molecule has 1 aromatic rings. The molecule has 2 heterocycles. The summed E-state index contributed by atoms with van der Waals surface area (Å²) in [6.07, 6.45) is 3.97. The molecule has 3 rings (SSSR count). The predicted octanol–water partition coefficient (Wildman–Crippen LogP) is 3.62. The Morgan fingerprint density at radius 2 is 1.97 bits per heavy atom. The number of methoxy groups -OCH3 is 1. The predicted molar refractivity (Wildman–Crippen MR) is 126 cm³/mol. The Morgan fingerprint density at radius 1 is 1.24 bits per heavy atom. The molecule has 0 aromatic heterocycles. The molecule has 1 aromatic carbocycles. The van der Waals surface area contributed by atoms with Crippen molar-refractivity contribution in [2.75, 3.05) is 39.9 Å². The maximum absolute atomic E-state index is 11.8. The standard InChI is InChI=1S/C22H33N3O3.HI/c1-3-23-22(25-13-11-18(12-14-25)21(26)27-2)24-16-19-10-7-15-28-20(19)17-8-5-4-6-9-17;/h4-6,8-9,18-20H,3,7,10-16H2,1-2H3,(H,23,24);1H. The summed E-state index contributed by atoms with van der Waals surface area (Å²) in [5.74, 6) is 1.26. The third kappa shape index (κ3) is 6.57. The van der Waals surface area contributed by atoms with Crippen LogP contribution in [0.15, 0.2) is 35.3 Å². The van der Waals surface area contributed by atoms with Crippen LogP contribution in [0.5, 0.6) is 0 Å². The smallest absolute Gasteiger partial charge is 0.308 e. The van der Waals surface area contributed by atoms with Crippen molar-refractivity contribution in [3.05, 3.63) is 35.9 Å². The van der Waals surface area contributed by atoms with Crippen LogP contribution < -0.4 is 5.32 Å². The van der Waals surface area contributed by atoms with Crippen molar-refractivity contribution in [3.8, 4) is 0 Å². The second-order valence-corrected chi connectivity index (χ2v) is 7.58. The maximum atomic E-state index is 11.8. The first-order valence-corrected chi connectivity index (χ1v) is 10.5. The molecule has 1 N–H and O–H groups in total. The van der Waals surface area contributed by atoms with Gasteiger partial charge in [-0.05, 0) is 38.2 Å². The van der Waals surface area contributed by atoms with Gasteiger partial charge < -0.3 is 19.7 Å². The fraction of sp³-hybridized carbons (Fsp3) is 0.636. The molecule has 2 unspecified atom stereocenters. The van der Waals surface area contributed by atoms with Crippen LogP contribution in [0.2, 0.25) is 0 Å². The molecule has 2 atom stereocenters. The molecule has 29 heavy (non-hydrogen) atoms. The summed E-state index contributed by atoms with van der Waals surface area (Å²) in [6.45, 7) is 6.15. The van der Waals surface area contributed by atoms with E-state index in [1.54, 1.807) is 0 Å². The summed E-state index contributed by atoms with van der Waals surface area (Å²) < 4.78 is 11.0. The number of benzene rings is 1. The van der Waals surface area contributed by atoms with Crippen molar-refractivity contribution in [3.63, 3.8) is 0 Å². The number of hydrogen-bond donors (Lipinski definition) is 1. The molecule has 0 bridgehead atoms. The lowest BCUT2D eigenvalue weighted by molar-refractivity contribution is -0.146. The van der Waals surface area contributed by atoms with Gasteiger partial charge in [0.2, 0.25) is 0 Å². The summed E-state index contributed by atoms with van der Waals surface area (Å²) >= 11 is 0. The molecule has 0 spiro atoms. The van der Waals surface area contributed by atoms with Crippen LogP contribution >= 0.6 is 24.0 Å². The van der Waals surface area contributed by atoms with E-state index < -0.39 is 0 Å². The van der Waals surface area contributed by atoms with Crippen LogP contribution in [0.4, 0.5) is 0 Å². The highest BCUT2D eigenvalue weighted by Crippen LogP contribution is 2.33. The molecule has 0 aliphatic carbocycles. The van der Waals surface area contributed by atoms with E-state index in [9.17, 15) is 4.79 Å². The molecular formula is C22H34IN3O3. The largest absolute Gasteiger partial charge is 0.469 e. The average molecular weight is 515 g/mol. The fourth-order valence-electron chi connectivity index (χ4n) is 4.16. The Kier molecular flexibility index (Phi) is 10.2.